The van der Waals surface area contributed by atoms with Gasteiger partial charge in [0.25, 0.3) is 0 Å². The van der Waals surface area contributed by atoms with Gasteiger partial charge in [0.1, 0.15) is 0 Å². The van der Waals surface area contributed by atoms with Crippen molar-refractivity contribution in [1.82, 2.24) is 14.8 Å². The van der Waals surface area contributed by atoms with Crippen molar-refractivity contribution in [3.05, 3.63) is 30.1 Å². The molecule has 0 bridgehead atoms. The number of carbonyl (C=O) groups excluding carboxylic acids is 1. The Hall–Kier alpha value is -1.62. The van der Waals surface area contributed by atoms with Crippen molar-refractivity contribution in [1.29, 1.82) is 0 Å². The van der Waals surface area contributed by atoms with Crippen LogP contribution in [0.1, 0.15) is 18.5 Å². The molecule has 5 nitrogen and oxygen atoms in total. The number of rotatable bonds is 3. The molecule has 2 N–H and O–H groups in total. The number of nitrogens with two attached hydrogens (primary N) is 1. The first-order valence-corrected chi connectivity index (χ1v) is 5.77. The number of aromatic nitrogens is 1. The van der Waals surface area contributed by atoms with Crippen LogP contribution in [0.15, 0.2) is 24.5 Å². The van der Waals surface area contributed by atoms with Gasteiger partial charge in [0.2, 0.25) is 0 Å². The third-order valence-electron chi connectivity index (χ3n) is 3.01. The lowest BCUT2D eigenvalue weighted by Gasteiger charge is -2.17. The average Bonchev–Trinajstić information content (AvgIpc) is 2.58. The molecule has 17 heavy (non-hydrogen) atoms. The number of urea groups is 1. The minimum absolute atomic E-state index is 0.00000152. The predicted octanol–water partition coefficient (Wildman–Crippen LogP) is 0.837. The van der Waals surface area contributed by atoms with E-state index in [1.54, 1.807) is 16.0 Å². The van der Waals surface area contributed by atoms with E-state index in [1.165, 1.54) is 0 Å². The number of carbonyl (C=O) groups is 1. The minimum Gasteiger partial charge on any atom is -0.326 e. The number of amides is 2. The summed E-state index contributed by atoms with van der Waals surface area (Å²) in [6, 6.07) is 4.00. The summed E-state index contributed by atoms with van der Waals surface area (Å²) in [5, 5.41) is 0. The van der Waals surface area contributed by atoms with Crippen molar-refractivity contribution >= 4 is 6.03 Å². The second-order valence-corrected chi connectivity index (χ2v) is 4.58. The van der Waals surface area contributed by atoms with E-state index in [0.717, 1.165) is 5.56 Å². The summed E-state index contributed by atoms with van der Waals surface area (Å²) in [7, 11) is 1.82. The van der Waals surface area contributed by atoms with Gasteiger partial charge in [-0.1, -0.05) is 6.07 Å². The molecular formula is C12H18N4O. The number of nitrogens with zero attached hydrogens (tertiary/aromatic N) is 3. The Labute approximate surface area is 101 Å². The third kappa shape index (κ3) is 2.39. The summed E-state index contributed by atoms with van der Waals surface area (Å²) in [5.74, 6) is 0. The minimum atomic E-state index is -0.00000152. The van der Waals surface area contributed by atoms with Crippen LogP contribution in [-0.4, -0.2) is 47.0 Å². The molecular weight excluding hydrogens is 216 g/mol. The Kier molecular flexibility index (Phi) is 3.28. The van der Waals surface area contributed by atoms with E-state index in [4.69, 9.17) is 5.73 Å². The molecule has 2 heterocycles. The van der Waals surface area contributed by atoms with E-state index in [1.807, 2.05) is 32.3 Å². The molecule has 1 aliphatic rings. The zero-order valence-corrected chi connectivity index (χ0v) is 10.2. The van der Waals surface area contributed by atoms with Crippen LogP contribution < -0.4 is 5.73 Å². The van der Waals surface area contributed by atoms with Gasteiger partial charge in [0, 0.05) is 38.6 Å². The lowest BCUT2D eigenvalue weighted by atomic mass is 10.1. The summed E-state index contributed by atoms with van der Waals surface area (Å²) in [6.45, 7) is 3.19. The van der Waals surface area contributed by atoms with Gasteiger partial charge in [0.05, 0.1) is 6.04 Å². The van der Waals surface area contributed by atoms with Crippen molar-refractivity contribution < 1.29 is 4.79 Å². The molecule has 0 radical (unpaired) electrons. The smallest absolute Gasteiger partial charge is 0.320 e. The summed E-state index contributed by atoms with van der Waals surface area (Å²) in [6.07, 6.45) is 3.55. The van der Waals surface area contributed by atoms with Gasteiger partial charge in [-0.3, -0.25) is 4.98 Å². The zero-order valence-electron chi connectivity index (χ0n) is 10.2. The second-order valence-electron chi connectivity index (χ2n) is 4.58. The quantitative estimate of drug-likeness (QED) is 0.843. The predicted molar refractivity (Wildman–Crippen MR) is 65.4 cm³/mol. The maximum absolute atomic E-state index is 12.0. The van der Waals surface area contributed by atoms with Gasteiger partial charge >= 0.3 is 6.03 Å². The highest BCUT2D eigenvalue weighted by atomic mass is 16.2. The number of pyridine rings is 1. The molecule has 1 aromatic rings. The van der Waals surface area contributed by atoms with Crippen molar-refractivity contribution in [2.75, 3.05) is 20.1 Å². The first-order valence-electron chi connectivity index (χ1n) is 5.77. The van der Waals surface area contributed by atoms with E-state index in [9.17, 15) is 4.79 Å². The average molecular weight is 234 g/mol. The van der Waals surface area contributed by atoms with Gasteiger partial charge in [-0.25, -0.2) is 4.79 Å². The summed E-state index contributed by atoms with van der Waals surface area (Å²) >= 11 is 0. The Bertz CT molecular complexity index is 393. The van der Waals surface area contributed by atoms with Crippen molar-refractivity contribution in [2.45, 2.75) is 19.0 Å². The second kappa shape index (κ2) is 4.71. The van der Waals surface area contributed by atoms with Crippen molar-refractivity contribution in [3.63, 3.8) is 0 Å². The van der Waals surface area contributed by atoms with E-state index in [0.29, 0.717) is 13.1 Å². The van der Waals surface area contributed by atoms with Crippen LogP contribution in [0.2, 0.25) is 0 Å². The van der Waals surface area contributed by atoms with Crippen molar-refractivity contribution in [2.24, 2.45) is 5.73 Å². The monoisotopic (exact) mass is 234 g/mol. The number of hydrogen-bond donors (Lipinski definition) is 1. The van der Waals surface area contributed by atoms with E-state index >= 15 is 0 Å². The molecule has 1 fully saturated rings. The topological polar surface area (TPSA) is 62.5 Å². The zero-order chi connectivity index (χ0) is 12.4. The van der Waals surface area contributed by atoms with Crippen LogP contribution in [0.3, 0.4) is 0 Å². The Morgan fingerprint density at radius 3 is 3.00 bits per heavy atom. The molecule has 0 saturated carbocycles. The van der Waals surface area contributed by atoms with Crippen LogP contribution in [0.4, 0.5) is 4.79 Å². The molecule has 1 aromatic heterocycles. The van der Waals surface area contributed by atoms with Crippen LogP contribution in [0.25, 0.3) is 0 Å². The highest BCUT2D eigenvalue weighted by molar-refractivity contribution is 5.77. The van der Waals surface area contributed by atoms with Gasteiger partial charge < -0.3 is 15.5 Å². The maximum atomic E-state index is 12.0. The van der Waals surface area contributed by atoms with E-state index < -0.39 is 0 Å². The van der Waals surface area contributed by atoms with E-state index in [2.05, 4.69) is 4.98 Å². The van der Waals surface area contributed by atoms with Gasteiger partial charge in [-0.2, -0.15) is 0 Å². The number of likely N-dealkylation sites (N-methyl/N-ethyl adjacent to an activating group) is 1. The molecule has 1 saturated heterocycles. The van der Waals surface area contributed by atoms with Crippen LogP contribution >= 0.6 is 0 Å². The van der Waals surface area contributed by atoms with Crippen LogP contribution in [0.5, 0.6) is 0 Å². The number of hydrogen-bond acceptors (Lipinski definition) is 3. The van der Waals surface area contributed by atoms with Crippen LogP contribution in [-0.2, 0) is 0 Å². The Balaban J connectivity index is 2.14. The van der Waals surface area contributed by atoms with Gasteiger partial charge in [-0.15, -0.1) is 0 Å². The summed E-state index contributed by atoms with van der Waals surface area (Å²) in [4.78, 5) is 19.6. The van der Waals surface area contributed by atoms with Crippen LogP contribution in [0, 0.1) is 0 Å². The largest absolute Gasteiger partial charge is 0.326 e. The molecule has 2 amide bonds. The van der Waals surface area contributed by atoms with E-state index in [-0.39, 0.29) is 18.1 Å². The van der Waals surface area contributed by atoms with Gasteiger partial charge in [-0.05, 0) is 18.6 Å². The standard InChI is InChI=1S/C12H18N4O/c1-9(13)7-16-8-11(15(2)12(16)17)10-4-3-5-14-6-10/h3-6,9,11H,7-8,13H2,1-2H3. The fourth-order valence-electron chi connectivity index (χ4n) is 2.17. The molecule has 92 valence electrons. The molecule has 0 aromatic carbocycles. The SMILES string of the molecule is CC(N)CN1CC(c2cccnc2)N(C)C1=O. The Morgan fingerprint density at radius 1 is 1.65 bits per heavy atom. The fourth-order valence-corrected chi connectivity index (χ4v) is 2.17. The third-order valence-corrected chi connectivity index (χ3v) is 3.01. The molecule has 2 rings (SSSR count). The van der Waals surface area contributed by atoms with Gasteiger partial charge in [0.15, 0.2) is 0 Å². The first-order chi connectivity index (χ1) is 8.09. The lowest BCUT2D eigenvalue weighted by molar-refractivity contribution is 0.194. The molecule has 2 unspecified atom stereocenters. The molecule has 0 spiro atoms. The highest BCUT2D eigenvalue weighted by Gasteiger charge is 2.35. The highest BCUT2D eigenvalue weighted by Crippen LogP contribution is 2.27. The Morgan fingerprint density at radius 2 is 2.41 bits per heavy atom. The summed E-state index contributed by atoms with van der Waals surface area (Å²) in [5.41, 5.74) is 6.80. The summed E-state index contributed by atoms with van der Waals surface area (Å²) < 4.78 is 0. The van der Waals surface area contributed by atoms with Crippen molar-refractivity contribution in [3.8, 4) is 0 Å². The first kappa shape index (κ1) is 11.9. The molecule has 1 aliphatic heterocycles. The molecule has 2 atom stereocenters. The maximum Gasteiger partial charge on any atom is 0.320 e. The normalized spacial score (nSPS) is 22.1. The molecule has 5 heteroatoms. The molecule has 0 aliphatic carbocycles. The fraction of sp³-hybridized carbons (Fsp3) is 0.500. The lowest BCUT2D eigenvalue weighted by Crippen LogP contribution is -2.38.